The maximum absolute atomic E-state index is 13.2. The molecule has 1 amide bonds. The third-order valence-corrected chi connectivity index (χ3v) is 5.24. The van der Waals surface area contributed by atoms with Crippen molar-refractivity contribution in [2.45, 2.75) is 18.9 Å². The number of benzene rings is 2. The van der Waals surface area contributed by atoms with E-state index >= 15 is 0 Å². The summed E-state index contributed by atoms with van der Waals surface area (Å²) < 4.78 is 13.2. The Hall–Kier alpha value is -2.11. The number of hydrogen-bond acceptors (Lipinski definition) is 3. The number of nitrogens with one attached hydrogen (secondary N) is 1. The highest BCUT2D eigenvalue weighted by molar-refractivity contribution is 6.34. The summed E-state index contributed by atoms with van der Waals surface area (Å²) >= 11 is 5.97. The SMILES string of the molecule is CN1CCC(N(C)c2cccc(NC(=O)c3ccc(F)cc3Cl)c2)CC1. The van der Waals surface area contributed by atoms with Gasteiger partial charge in [0.1, 0.15) is 5.82 Å². The standard InChI is InChI=1S/C20H23ClFN3O/c1-24-10-8-16(9-11-24)25(2)17-5-3-4-15(13-17)23-20(26)18-7-6-14(22)12-19(18)21/h3-7,12-13,16H,8-11H2,1-2H3,(H,23,26). The van der Waals surface area contributed by atoms with Gasteiger partial charge in [0.15, 0.2) is 0 Å². The number of piperidine rings is 1. The molecule has 0 aromatic heterocycles. The average molecular weight is 376 g/mol. The summed E-state index contributed by atoms with van der Waals surface area (Å²) in [5.74, 6) is -0.817. The van der Waals surface area contributed by atoms with Crippen LogP contribution in [0.1, 0.15) is 23.2 Å². The van der Waals surface area contributed by atoms with Crippen molar-refractivity contribution in [1.29, 1.82) is 0 Å². The van der Waals surface area contributed by atoms with Crippen molar-refractivity contribution in [2.75, 3.05) is 37.4 Å². The first kappa shape index (κ1) is 18.7. The van der Waals surface area contributed by atoms with Crippen LogP contribution in [0.2, 0.25) is 5.02 Å². The minimum absolute atomic E-state index is 0.0992. The summed E-state index contributed by atoms with van der Waals surface area (Å²) in [6, 6.07) is 12.0. The highest BCUT2D eigenvalue weighted by Gasteiger charge is 2.21. The zero-order chi connectivity index (χ0) is 18.7. The molecule has 2 aromatic carbocycles. The van der Waals surface area contributed by atoms with Gasteiger partial charge < -0.3 is 15.1 Å². The van der Waals surface area contributed by atoms with Gasteiger partial charge in [0.05, 0.1) is 10.6 Å². The van der Waals surface area contributed by atoms with E-state index in [4.69, 9.17) is 11.6 Å². The normalized spacial score (nSPS) is 15.7. The molecule has 0 unspecified atom stereocenters. The lowest BCUT2D eigenvalue weighted by atomic mass is 10.0. The van der Waals surface area contributed by atoms with Crippen molar-refractivity contribution < 1.29 is 9.18 Å². The van der Waals surface area contributed by atoms with E-state index in [0.29, 0.717) is 11.7 Å². The minimum atomic E-state index is -0.465. The Morgan fingerprint density at radius 1 is 1.23 bits per heavy atom. The van der Waals surface area contributed by atoms with Gasteiger partial charge in [-0.05, 0) is 69.4 Å². The van der Waals surface area contributed by atoms with Crippen LogP contribution in [0.3, 0.4) is 0 Å². The Kier molecular flexibility index (Phi) is 5.79. The molecule has 1 fully saturated rings. The van der Waals surface area contributed by atoms with E-state index in [9.17, 15) is 9.18 Å². The summed E-state index contributed by atoms with van der Waals surface area (Å²) in [6.45, 7) is 2.18. The van der Waals surface area contributed by atoms with Gasteiger partial charge in [0.2, 0.25) is 0 Å². The van der Waals surface area contributed by atoms with Gasteiger partial charge in [-0.3, -0.25) is 4.79 Å². The van der Waals surface area contributed by atoms with Crippen LogP contribution < -0.4 is 10.2 Å². The van der Waals surface area contributed by atoms with Gasteiger partial charge in [0, 0.05) is 24.5 Å². The van der Waals surface area contributed by atoms with Gasteiger partial charge >= 0.3 is 0 Å². The van der Waals surface area contributed by atoms with E-state index < -0.39 is 5.82 Å². The molecule has 138 valence electrons. The van der Waals surface area contributed by atoms with Gasteiger partial charge in [0.25, 0.3) is 5.91 Å². The first-order chi connectivity index (χ1) is 12.4. The number of halogens is 2. The average Bonchev–Trinajstić information content (AvgIpc) is 2.62. The Morgan fingerprint density at radius 3 is 2.65 bits per heavy atom. The Labute approximate surface area is 158 Å². The molecule has 1 aliphatic rings. The molecule has 2 aromatic rings. The quantitative estimate of drug-likeness (QED) is 0.867. The molecule has 1 aliphatic heterocycles. The lowest BCUT2D eigenvalue weighted by Gasteiger charge is -2.36. The molecule has 1 N–H and O–H groups in total. The fourth-order valence-corrected chi connectivity index (χ4v) is 3.52. The molecule has 3 rings (SSSR count). The van der Waals surface area contributed by atoms with E-state index in [0.717, 1.165) is 37.7 Å². The Bertz CT molecular complexity index is 790. The lowest BCUT2D eigenvalue weighted by molar-refractivity contribution is 0.102. The smallest absolute Gasteiger partial charge is 0.257 e. The molecule has 0 saturated carbocycles. The molecule has 0 spiro atoms. The van der Waals surface area contributed by atoms with Crippen LogP contribution in [0.5, 0.6) is 0 Å². The summed E-state index contributed by atoms with van der Waals surface area (Å²) in [4.78, 5) is 17.0. The zero-order valence-electron chi connectivity index (χ0n) is 15.0. The summed E-state index contributed by atoms with van der Waals surface area (Å²) in [5.41, 5.74) is 2.00. The Morgan fingerprint density at radius 2 is 1.96 bits per heavy atom. The van der Waals surface area contributed by atoms with Gasteiger partial charge in [-0.15, -0.1) is 0 Å². The molecular weight excluding hydrogens is 353 g/mol. The van der Waals surface area contributed by atoms with Crippen LogP contribution in [-0.4, -0.2) is 44.0 Å². The van der Waals surface area contributed by atoms with Crippen LogP contribution in [0, 0.1) is 5.82 Å². The van der Waals surface area contributed by atoms with Crippen LogP contribution >= 0.6 is 11.6 Å². The van der Waals surface area contributed by atoms with Crippen molar-refractivity contribution in [3.8, 4) is 0 Å². The molecule has 1 heterocycles. The molecular formula is C20H23ClFN3O. The molecule has 4 nitrogen and oxygen atoms in total. The van der Waals surface area contributed by atoms with Crippen molar-refractivity contribution in [1.82, 2.24) is 4.90 Å². The maximum atomic E-state index is 13.2. The van der Waals surface area contributed by atoms with Crippen LogP contribution in [-0.2, 0) is 0 Å². The van der Waals surface area contributed by atoms with Crippen LogP contribution in [0.25, 0.3) is 0 Å². The van der Waals surface area contributed by atoms with E-state index in [-0.39, 0.29) is 16.5 Å². The highest BCUT2D eigenvalue weighted by Crippen LogP contribution is 2.25. The van der Waals surface area contributed by atoms with E-state index in [1.54, 1.807) is 0 Å². The number of likely N-dealkylation sites (tertiary alicyclic amines) is 1. The van der Waals surface area contributed by atoms with E-state index in [2.05, 4.69) is 29.2 Å². The third-order valence-electron chi connectivity index (χ3n) is 4.92. The number of anilines is 2. The summed E-state index contributed by atoms with van der Waals surface area (Å²) in [5, 5.41) is 2.94. The number of carbonyl (C=O) groups excluding carboxylic acids is 1. The van der Waals surface area contributed by atoms with E-state index in [1.165, 1.54) is 12.1 Å². The van der Waals surface area contributed by atoms with Crippen molar-refractivity contribution >= 4 is 28.9 Å². The number of carbonyl (C=O) groups is 1. The third kappa shape index (κ3) is 4.34. The number of hydrogen-bond donors (Lipinski definition) is 1. The number of rotatable bonds is 4. The second-order valence-electron chi connectivity index (χ2n) is 6.77. The van der Waals surface area contributed by atoms with Crippen molar-refractivity contribution in [2.24, 2.45) is 0 Å². The molecule has 0 atom stereocenters. The van der Waals surface area contributed by atoms with Crippen molar-refractivity contribution in [3.63, 3.8) is 0 Å². The topological polar surface area (TPSA) is 35.6 Å². The second-order valence-corrected chi connectivity index (χ2v) is 7.18. The lowest BCUT2D eigenvalue weighted by Crippen LogP contribution is -2.42. The monoisotopic (exact) mass is 375 g/mol. The second kappa shape index (κ2) is 8.06. The first-order valence-electron chi connectivity index (χ1n) is 8.72. The fraction of sp³-hybridized carbons (Fsp3) is 0.350. The van der Waals surface area contributed by atoms with Gasteiger partial charge in [-0.2, -0.15) is 0 Å². The largest absolute Gasteiger partial charge is 0.371 e. The van der Waals surface area contributed by atoms with Crippen LogP contribution in [0.15, 0.2) is 42.5 Å². The van der Waals surface area contributed by atoms with Crippen molar-refractivity contribution in [3.05, 3.63) is 58.9 Å². The molecule has 0 bridgehead atoms. The predicted molar refractivity (Wildman–Crippen MR) is 105 cm³/mol. The maximum Gasteiger partial charge on any atom is 0.257 e. The summed E-state index contributed by atoms with van der Waals surface area (Å²) in [6.07, 6.45) is 2.24. The summed E-state index contributed by atoms with van der Waals surface area (Å²) in [7, 11) is 4.24. The minimum Gasteiger partial charge on any atom is -0.371 e. The fourth-order valence-electron chi connectivity index (χ4n) is 3.27. The number of amides is 1. The predicted octanol–water partition coefficient (Wildman–Crippen LogP) is 4.26. The van der Waals surface area contributed by atoms with Gasteiger partial charge in [-0.1, -0.05) is 17.7 Å². The molecule has 0 radical (unpaired) electrons. The Balaban J connectivity index is 1.71. The van der Waals surface area contributed by atoms with E-state index in [1.807, 2.05) is 24.3 Å². The first-order valence-corrected chi connectivity index (χ1v) is 9.09. The molecule has 26 heavy (non-hydrogen) atoms. The molecule has 1 saturated heterocycles. The van der Waals surface area contributed by atoms with Crippen LogP contribution in [0.4, 0.5) is 15.8 Å². The molecule has 6 heteroatoms. The van der Waals surface area contributed by atoms with Gasteiger partial charge in [-0.25, -0.2) is 4.39 Å². The molecule has 0 aliphatic carbocycles. The highest BCUT2D eigenvalue weighted by atomic mass is 35.5. The number of nitrogens with zero attached hydrogens (tertiary/aromatic N) is 2. The zero-order valence-corrected chi connectivity index (χ0v) is 15.8.